The fraction of sp³-hybridized carbons (Fsp3) is 0.0588. The Balaban J connectivity index is 0.963. The first-order valence-electron chi connectivity index (χ1n) is 19.5. The van der Waals surface area contributed by atoms with Gasteiger partial charge in [0.15, 0.2) is 5.84 Å². The van der Waals surface area contributed by atoms with Crippen LogP contribution in [0.5, 0.6) is 0 Å². The van der Waals surface area contributed by atoms with E-state index < -0.39 is 0 Å². The number of para-hydroxylation sites is 2. The molecule has 4 heterocycles. The lowest BCUT2D eigenvalue weighted by atomic mass is 10.00. The van der Waals surface area contributed by atoms with Crippen LogP contribution < -0.4 is 16.0 Å². The topological polar surface area (TPSA) is 68.0 Å². The summed E-state index contributed by atoms with van der Waals surface area (Å²) in [4.78, 5) is 10.2. The third-order valence-electron chi connectivity index (χ3n) is 11.6. The van der Waals surface area contributed by atoms with Crippen LogP contribution in [0.2, 0.25) is 0 Å². The number of nitrogens with one attached hydrogen (secondary N) is 1. The zero-order chi connectivity index (χ0) is 37.5. The molecule has 0 radical (unpaired) electrons. The van der Waals surface area contributed by atoms with Crippen molar-refractivity contribution in [3.05, 3.63) is 191 Å². The van der Waals surface area contributed by atoms with Gasteiger partial charge < -0.3 is 18.7 Å². The van der Waals surface area contributed by atoms with E-state index in [9.17, 15) is 0 Å². The Kier molecular flexibility index (Phi) is 7.01. The standard InChI is InChI=1S/C51H34N4O2/c1-3-12-31(13-4-1)49-52-50(32-14-5-2-6-15-32)54-51(53-49)39-18-11-21-46-48(39)38-25-24-35(30-47(38)57-46)55-42-19-9-7-16-36(42)40-28-33(22-26-43(40)55)34-23-27-45-41(29-34)37-17-8-10-20-44(37)56-45/h1-23,25-30,35,51H,24H2,(H,52,53,54). The normalized spacial score (nSPS) is 16.6. The summed E-state index contributed by atoms with van der Waals surface area (Å²) in [6.45, 7) is 0. The lowest BCUT2D eigenvalue weighted by molar-refractivity contribution is 0.560. The summed E-state index contributed by atoms with van der Waals surface area (Å²) in [6, 6.07) is 57.2. The fourth-order valence-corrected chi connectivity index (χ4v) is 8.95. The number of hydrogen-bond donors (Lipinski definition) is 1. The number of furan rings is 2. The summed E-state index contributed by atoms with van der Waals surface area (Å²) in [5, 5.41) is 10.6. The van der Waals surface area contributed by atoms with Gasteiger partial charge in [-0.3, -0.25) is 0 Å². The number of amidine groups is 2. The Morgan fingerprint density at radius 1 is 0.544 bits per heavy atom. The first kappa shape index (κ1) is 31.9. The van der Waals surface area contributed by atoms with Gasteiger partial charge in [0.05, 0.1) is 6.04 Å². The Morgan fingerprint density at radius 3 is 2.09 bits per heavy atom. The molecule has 2 atom stereocenters. The van der Waals surface area contributed by atoms with Gasteiger partial charge in [0.1, 0.15) is 34.2 Å². The quantitative estimate of drug-likeness (QED) is 0.191. The van der Waals surface area contributed by atoms with Gasteiger partial charge in [0, 0.05) is 59.9 Å². The minimum Gasteiger partial charge on any atom is -0.456 e. The second kappa shape index (κ2) is 12.5. The molecule has 1 aliphatic heterocycles. The molecule has 1 aliphatic carbocycles. The van der Waals surface area contributed by atoms with Gasteiger partial charge in [0.2, 0.25) is 0 Å². The first-order chi connectivity index (χ1) is 28.2. The van der Waals surface area contributed by atoms with E-state index in [4.69, 9.17) is 18.8 Å². The first-order valence-corrected chi connectivity index (χ1v) is 19.5. The maximum absolute atomic E-state index is 6.72. The van der Waals surface area contributed by atoms with Crippen molar-refractivity contribution in [1.82, 2.24) is 9.88 Å². The molecule has 0 bridgehead atoms. The molecule has 3 aromatic heterocycles. The van der Waals surface area contributed by atoms with E-state index in [-0.39, 0.29) is 12.2 Å². The molecule has 2 aliphatic rings. The number of aromatic nitrogens is 1. The number of aliphatic imine (C=N–C) groups is 2. The molecule has 6 heteroatoms. The summed E-state index contributed by atoms with van der Waals surface area (Å²) < 4.78 is 15.3. The fourth-order valence-electron chi connectivity index (χ4n) is 8.95. The van der Waals surface area contributed by atoms with E-state index in [1.54, 1.807) is 0 Å². The molecular weight excluding hydrogens is 701 g/mol. The molecule has 7 aromatic carbocycles. The van der Waals surface area contributed by atoms with Crippen molar-refractivity contribution >= 4 is 78.5 Å². The second-order valence-corrected chi connectivity index (χ2v) is 14.9. The van der Waals surface area contributed by atoms with E-state index in [1.807, 2.05) is 48.5 Å². The summed E-state index contributed by atoms with van der Waals surface area (Å²) >= 11 is 0. The summed E-state index contributed by atoms with van der Waals surface area (Å²) in [6.07, 6.45) is 5.12. The number of rotatable bonds is 5. The Labute approximate surface area is 327 Å². The average Bonchev–Trinajstić information content (AvgIpc) is 3.95. The molecule has 0 amide bonds. The predicted octanol–water partition coefficient (Wildman–Crippen LogP) is 10.8. The molecule has 0 fully saturated rings. The molecule has 6 nitrogen and oxygen atoms in total. The lowest BCUT2D eigenvalue weighted by Gasteiger charge is -2.24. The monoisotopic (exact) mass is 734 g/mol. The zero-order valence-corrected chi connectivity index (χ0v) is 30.8. The van der Waals surface area contributed by atoms with E-state index in [2.05, 4.69) is 137 Å². The van der Waals surface area contributed by atoms with Crippen LogP contribution in [0.25, 0.3) is 78.0 Å². The van der Waals surface area contributed by atoms with Crippen LogP contribution >= 0.6 is 0 Å². The minimum atomic E-state index is -0.357. The molecule has 10 aromatic rings. The van der Waals surface area contributed by atoms with Gasteiger partial charge in [-0.25, -0.2) is 9.98 Å². The average molecular weight is 735 g/mol. The molecule has 1 N–H and O–H groups in total. The second-order valence-electron chi connectivity index (χ2n) is 14.9. The third kappa shape index (κ3) is 5.11. The summed E-state index contributed by atoms with van der Waals surface area (Å²) in [7, 11) is 0. The van der Waals surface area contributed by atoms with Crippen LogP contribution in [0.3, 0.4) is 0 Å². The number of benzene rings is 7. The van der Waals surface area contributed by atoms with Gasteiger partial charge >= 0.3 is 0 Å². The van der Waals surface area contributed by atoms with Crippen molar-refractivity contribution in [3.63, 3.8) is 0 Å². The maximum atomic E-state index is 6.72. The van der Waals surface area contributed by atoms with Crippen molar-refractivity contribution in [1.29, 1.82) is 0 Å². The van der Waals surface area contributed by atoms with Crippen LogP contribution in [0.15, 0.2) is 183 Å². The summed E-state index contributed by atoms with van der Waals surface area (Å²) in [5.41, 5.74) is 11.4. The predicted molar refractivity (Wildman–Crippen MR) is 232 cm³/mol. The summed E-state index contributed by atoms with van der Waals surface area (Å²) in [5.74, 6) is 1.50. The number of fused-ring (bicyclic) bond motifs is 9. The van der Waals surface area contributed by atoms with Gasteiger partial charge in [-0.2, -0.15) is 0 Å². The highest BCUT2D eigenvalue weighted by atomic mass is 16.3. The molecule has 0 spiro atoms. The van der Waals surface area contributed by atoms with Crippen molar-refractivity contribution in [3.8, 4) is 11.1 Å². The molecule has 2 unspecified atom stereocenters. The maximum Gasteiger partial charge on any atom is 0.159 e. The molecule has 0 saturated heterocycles. The van der Waals surface area contributed by atoms with E-state index in [1.165, 1.54) is 32.9 Å². The lowest BCUT2D eigenvalue weighted by Crippen LogP contribution is -2.34. The highest BCUT2D eigenvalue weighted by Crippen LogP contribution is 2.38. The van der Waals surface area contributed by atoms with Crippen molar-refractivity contribution in [2.45, 2.75) is 18.6 Å². The largest absolute Gasteiger partial charge is 0.456 e. The molecular formula is C51H34N4O2. The van der Waals surface area contributed by atoms with Crippen LogP contribution in [-0.4, -0.2) is 16.2 Å². The van der Waals surface area contributed by atoms with Crippen LogP contribution in [-0.2, 0) is 0 Å². The number of nitrogens with zero attached hydrogens (tertiary/aromatic N) is 3. The van der Waals surface area contributed by atoms with E-state index >= 15 is 0 Å². The minimum absolute atomic E-state index is 0.0655. The zero-order valence-electron chi connectivity index (χ0n) is 30.8. The molecule has 0 saturated carbocycles. The van der Waals surface area contributed by atoms with Crippen molar-refractivity contribution in [2.75, 3.05) is 0 Å². The van der Waals surface area contributed by atoms with Crippen molar-refractivity contribution < 1.29 is 8.83 Å². The number of hydrogen-bond acceptors (Lipinski definition) is 5. The van der Waals surface area contributed by atoms with E-state index in [0.29, 0.717) is 5.84 Å². The Bertz CT molecular complexity index is 3420. The Morgan fingerprint density at radius 2 is 1.23 bits per heavy atom. The van der Waals surface area contributed by atoms with Crippen molar-refractivity contribution in [2.24, 2.45) is 9.98 Å². The van der Waals surface area contributed by atoms with Crippen LogP contribution in [0, 0.1) is 0 Å². The van der Waals surface area contributed by atoms with Gasteiger partial charge in [-0.1, -0.05) is 127 Å². The van der Waals surface area contributed by atoms with Gasteiger partial charge in [-0.05, 0) is 66.1 Å². The molecule has 57 heavy (non-hydrogen) atoms. The van der Waals surface area contributed by atoms with Crippen LogP contribution in [0.4, 0.5) is 0 Å². The van der Waals surface area contributed by atoms with Gasteiger partial charge in [0.25, 0.3) is 0 Å². The van der Waals surface area contributed by atoms with Crippen LogP contribution in [0.1, 0.15) is 35.3 Å². The Hall–Kier alpha value is -7.44. The van der Waals surface area contributed by atoms with E-state index in [0.717, 1.165) is 72.5 Å². The molecule has 270 valence electrons. The molecule has 12 rings (SSSR count). The SMILES string of the molecule is C1=c2oc3cccc(C4N=C(c5ccccc5)N=C(c5ccccc5)N4)c3c2=CCC1n1c2ccccc2c2cc(-c3ccc4oc5ccccc5c4c3)ccc21. The highest BCUT2D eigenvalue weighted by molar-refractivity contribution is 6.13. The smallest absolute Gasteiger partial charge is 0.159 e. The van der Waals surface area contributed by atoms with Gasteiger partial charge in [-0.15, -0.1) is 0 Å². The highest BCUT2D eigenvalue weighted by Gasteiger charge is 2.26. The third-order valence-corrected chi connectivity index (χ3v) is 11.6.